The number of hydrogen-bond donors (Lipinski definition) is 0. The van der Waals surface area contributed by atoms with Crippen molar-refractivity contribution < 1.29 is 14.4 Å². The van der Waals surface area contributed by atoms with E-state index in [1.54, 1.807) is 8.87 Å². The molecule has 0 atom stereocenters. The van der Waals surface area contributed by atoms with Crippen LogP contribution in [0.1, 0.15) is 59.8 Å². The molecular weight excluding hydrogens is 347 g/mol. The second-order valence-electron chi connectivity index (χ2n) is 4.63. The van der Waals surface area contributed by atoms with Crippen molar-refractivity contribution in [3.63, 3.8) is 0 Å². The first-order chi connectivity index (χ1) is 9.01. The molecule has 0 saturated carbocycles. The summed E-state index contributed by atoms with van der Waals surface area (Å²) in [6.45, 7) is 7.21. The van der Waals surface area contributed by atoms with E-state index in [0.717, 1.165) is 0 Å². The predicted molar refractivity (Wildman–Crippen MR) is 80.7 cm³/mol. The van der Waals surface area contributed by atoms with Crippen LogP contribution in [-0.4, -0.2) is 39.0 Å². The molecule has 4 heteroatoms. The second kappa shape index (κ2) is 15.9. The standard InChI is InChI=1S/C7H10O3.2C4H9.Sn/c1-5(9)7(3-4-8)6(2)10;2*1-3-4-2;/h4,7H,3H2,1-2H3;2*1,3-4H2,2H3;. The fourth-order valence-electron chi connectivity index (χ4n) is 1.44. The van der Waals surface area contributed by atoms with Crippen molar-refractivity contribution in [3.8, 4) is 0 Å². The van der Waals surface area contributed by atoms with Crippen LogP contribution in [0.4, 0.5) is 0 Å². The average molecular weight is 375 g/mol. The summed E-state index contributed by atoms with van der Waals surface area (Å²) >= 11 is 0.149. The number of carbonyl (C=O) groups excluding carboxylic acids is 3. The van der Waals surface area contributed by atoms with E-state index in [2.05, 4.69) is 13.8 Å². The summed E-state index contributed by atoms with van der Waals surface area (Å²) < 4.78 is 3.25. The number of Topliss-reactive ketones (excluding diaryl/α,β-unsaturated/α-hetero) is 2. The fraction of sp³-hybridized carbons (Fsp3) is 0.800. The number of unbranched alkanes of at least 4 members (excludes halogenated alkanes) is 2. The van der Waals surface area contributed by atoms with Crippen molar-refractivity contribution in [1.29, 1.82) is 0 Å². The Labute approximate surface area is 128 Å². The third-order valence-electron chi connectivity index (χ3n) is 2.73. The van der Waals surface area contributed by atoms with Gasteiger partial charge in [0, 0.05) is 6.42 Å². The third-order valence-corrected chi connectivity index (χ3v) is 6.76. The predicted octanol–water partition coefficient (Wildman–Crippen LogP) is 3.50. The van der Waals surface area contributed by atoms with E-state index >= 15 is 0 Å². The van der Waals surface area contributed by atoms with Crippen molar-refractivity contribution in [2.24, 2.45) is 5.92 Å². The Bertz CT molecular complexity index is 232. The van der Waals surface area contributed by atoms with E-state index in [0.29, 0.717) is 6.29 Å². The monoisotopic (exact) mass is 376 g/mol. The molecule has 0 aromatic rings. The molecule has 0 aromatic heterocycles. The van der Waals surface area contributed by atoms with Gasteiger partial charge in [0.15, 0.2) is 0 Å². The van der Waals surface area contributed by atoms with Gasteiger partial charge in [0.25, 0.3) is 0 Å². The Morgan fingerprint density at radius 2 is 1.42 bits per heavy atom. The summed E-state index contributed by atoms with van der Waals surface area (Å²) in [6.07, 6.45) is 6.45. The number of rotatable bonds is 10. The van der Waals surface area contributed by atoms with E-state index < -0.39 is 5.92 Å². The Morgan fingerprint density at radius 1 is 1.00 bits per heavy atom. The van der Waals surface area contributed by atoms with Crippen LogP contribution in [0.25, 0.3) is 0 Å². The van der Waals surface area contributed by atoms with Gasteiger partial charge in [0.05, 0.1) is 5.92 Å². The number of aldehydes is 1. The molecule has 0 rings (SSSR count). The molecule has 0 unspecified atom stereocenters. The summed E-state index contributed by atoms with van der Waals surface area (Å²) in [4.78, 5) is 31.1. The van der Waals surface area contributed by atoms with Gasteiger partial charge in [-0.25, -0.2) is 0 Å². The van der Waals surface area contributed by atoms with Crippen LogP contribution in [0.5, 0.6) is 0 Å². The summed E-state index contributed by atoms with van der Waals surface area (Å²) in [5, 5.41) is 0. The minimum absolute atomic E-state index is 0.0185. The van der Waals surface area contributed by atoms with Crippen LogP contribution in [0.2, 0.25) is 8.87 Å². The zero-order valence-corrected chi connectivity index (χ0v) is 15.7. The number of carbonyl (C=O) groups is 3. The normalized spacial score (nSPS) is 9.74. The van der Waals surface area contributed by atoms with Crippen LogP contribution in [0, 0.1) is 5.92 Å². The molecule has 0 amide bonds. The summed E-state index contributed by atoms with van der Waals surface area (Å²) in [6, 6.07) is 0. The van der Waals surface area contributed by atoms with Gasteiger partial charge in [-0.15, -0.1) is 0 Å². The van der Waals surface area contributed by atoms with Crippen LogP contribution in [0.3, 0.4) is 0 Å². The van der Waals surface area contributed by atoms with E-state index in [1.807, 2.05) is 0 Å². The Morgan fingerprint density at radius 3 is 1.63 bits per heavy atom. The first kappa shape index (κ1) is 21.1. The van der Waals surface area contributed by atoms with Crippen molar-refractivity contribution in [1.82, 2.24) is 0 Å². The molecule has 2 radical (unpaired) electrons. The molecule has 110 valence electrons. The van der Waals surface area contributed by atoms with Crippen molar-refractivity contribution in [2.75, 3.05) is 0 Å². The number of hydrogen-bond acceptors (Lipinski definition) is 3. The van der Waals surface area contributed by atoms with Crippen molar-refractivity contribution >= 4 is 39.0 Å². The molecular formula is C15H28O3Sn. The molecule has 19 heavy (non-hydrogen) atoms. The SMILES string of the molecule is CC(=O)C(CC=O)C(C)=O.CCC[CH2][Sn][CH2]CCC. The molecule has 0 fully saturated rings. The molecule has 0 aromatic carbocycles. The summed E-state index contributed by atoms with van der Waals surface area (Å²) in [5.74, 6) is -1.18. The fourth-order valence-corrected chi connectivity index (χ4v) is 5.60. The average Bonchev–Trinajstić information content (AvgIpc) is 2.36. The van der Waals surface area contributed by atoms with Gasteiger partial charge in [-0.2, -0.15) is 0 Å². The Balaban J connectivity index is 0. The maximum absolute atomic E-state index is 10.6. The van der Waals surface area contributed by atoms with E-state index in [1.165, 1.54) is 39.5 Å². The van der Waals surface area contributed by atoms with Gasteiger partial charge in [-0.05, 0) is 13.8 Å². The topological polar surface area (TPSA) is 51.2 Å². The molecule has 0 aliphatic rings. The minimum atomic E-state index is -0.711. The first-order valence-electron chi connectivity index (χ1n) is 7.16. The molecule has 0 N–H and O–H groups in total. The van der Waals surface area contributed by atoms with Gasteiger partial charge in [0.2, 0.25) is 0 Å². The summed E-state index contributed by atoms with van der Waals surface area (Å²) in [5.41, 5.74) is 0. The van der Waals surface area contributed by atoms with Crippen LogP contribution in [-0.2, 0) is 14.4 Å². The second-order valence-corrected chi connectivity index (χ2v) is 8.91. The van der Waals surface area contributed by atoms with Gasteiger partial charge in [-0.1, -0.05) is 0 Å². The number of ketones is 2. The zero-order valence-electron chi connectivity index (χ0n) is 12.8. The molecule has 3 nitrogen and oxygen atoms in total. The van der Waals surface area contributed by atoms with Gasteiger partial charge < -0.3 is 4.79 Å². The van der Waals surface area contributed by atoms with E-state index in [4.69, 9.17) is 0 Å². The molecule has 0 aliphatic heterocycles. The molecule has 0 aliphatic carbocycles. The van der Waals surface area contributed by atoms with Crippen molar-refractivity contribution in [3.05, 3.63) is 0 Å². The molecule has 0 heterocycles. The third kappa shape index (κ3) is 15.8. The van der Waals surface area contributed by atoms with Gasteiger partial charge in [-0.3, -0.25) is 9.59 Å². The molecule has 0 spiro atoms. The first-order valence-corrected chi connectivity index (χ1v) is 11.2. The van der Waals surface area contributed by atoms with E-state index in [9.17, 15) is 14.4 Å². The quantitative estimate of drug-likeness (QED) is 0.254. The summed E-state index contributed by atoms with van der Waals surface area (Å²) in [7, 11) is 0. The van der Waals surface area contributed by atoms with Crippen LogP contribution < -0.4 is 0 Å². The van der Waals surface area contributed by atoms with E-state index in [-0.39, 0.29) is 39.1 Å². The molecule has 0 bridgehead atoms. The van der Waals surface area contributed by atoms with Crippen molar-refractivity contribution in [2.45, 2.75) is 68.7 Å². The molecule has 0 saturated heterocycles. The van der Waals surface area contributed by atoms with Crippen LogP contribution >= 0.6 is 0 Å². The maximum atomic E-state index is 10.6. The van der Waals surface area contributed by atoms with Gasteiger partial charge in [0.1, 0.15) is 17.9 Å². The Hall–Kier alpha value is -0.191. The van der Waals surface area contributed by atoms with Crippen LogP contribution in [0.15, 0.2) is 0 Å². The zero-order chi connectivity index (χ0) is 15.1. The Kier molecular flexibility index (Phi) is 17.6. The van der Waals surface area contributed by atoms with Gasteiger partial charge >= 0.3 is 69.5 Å².